The van der Waals surface area contributed by atoms with E-state index < -0.39 is 6.04 Å². The highest BCUT2D eigenvalue weighted by Gasteiger charge is 2.25. The maximum atomic E-state index is 12.1. The molecule has 0 aromatic heterocycles. The van der Waals surface area contributed by atoms with Crippen LogP contribution in [0.15, 0.2) is 24.3 Å². The smallest absolute Gasteiger partial charge is 0.242 e. The van der Waals surface area contributed by atoms with Gasteiger partial charge in [0.1, 0.15) is 6.04 Å². The zero-order valence-corrected chi connectivity index (χ0v) is 14.4. The Balaban J connectivity index is 2.03. The minimum Gasteiger partial charge on any atom is -0.352 e. The molecule has 2 rings (SSSR count). The largest absolute Gasteiger partial charge is 0.352 e. The van der Waals surface area contributed by atoms with E-state index in [-0.39, 0.29) is 17.9 Å². The van der Waals surface area contributed by atoms with Crippen molar-refractivity contribution in [3.8, 4) is 0 Å². The Bertz CT molecular complexity index is 559. The van der Waals surface area contributed by atoms with E-state index in [0.717, 1.165) is 18.7 Å². The molecule has 1 saturated heterocycles. The first-order valence-electron chi connectivity index (χ1n) is 8.01. The summed E-state index contributed by atoms with van der Waals surface area (Å²) in [6.45, 7) is 5.63. The fourth-order valence-corrected chi connectivity index (χ4v) is 3.14. The lowest BCUT2D eigenvalue weighted by Crippen LogP contribution is -2.46. The number of nitrogens with zero attached hydrogens (tertiary/aromatic N) is 1. The lowest BCUT2D eigenvalue weighted by atomic mass is 10.1. The van der Waals surface area contributed by atoms with Crippen molar-refractivity contribution in [3.05, 3.63) is 34.9 Å². The summed E-state index contributed by atoms with van der Waals surface area (Å²) in [5.74, 6) is -0.384. The second-order valence-electron chi connectivity index (χ2n) is 5.98. The van der Waals surface area contributed by atoms with E-state index in [4.69, 9.17) is 11.6 Å². The Hall–Kier alpha value is -1.59. The van der Waals surface area contributed by atoms with Crippen molar-refractivity contribution in [1.82, 2.24) is 15.5 Å². The number of carbonyl (C=O) groups excluding carboxylic acids is 2. The molecule has 1 aliphatic heterocycles. The first-order chi connectivity index (χ1) is 11.0. The summed E-state index contributed by atoms with van der Waals surface area (Å²) in [7, 11) is 0. The Morgan fingerprint density at radius 1 is 1.30 bits per heavy atom. The molecule has 5 nitrogen and oxygen atoms in total. The van der Waals surface area contributed by atoms with Crippen LogP contribution in [0.3, 0.4) is 0 Å². The molecular formula is C17H24ClN3O2. The topological polar surface area (TPSA) is 61.4 Å². The van der Waals surface area contributed by atoms with Crippen LogP contribution in [0.25, 0.3) is 0 Å². The van der Waals surface area contributed by atoms with Crippen molar-refractivity contribution >= 4 is 23.4 Å². The van der Waals surface area contributed by atoms with Crippen LogP contribution in [0.4, 0.5) is 0 Å². The van der Waals surface area contributed by atoms with E-state index in [2.05, 4.69) is 15.5 Å². The molecule has 23 heavy (non-hydrogen) atoms. The number of amides is 2. The molecular weight excluding hydrogens is 314 g/mol. The van der Waals surface area contributed by atoms with E-state index >= 15 is 0 Å². The molecule has 0 spiro atoms. The molecule has 1 heterocycles. The fraction of sp³-hybridized carbons (Fsp3) is 0.529. The summed E-state index contributed by atoms with van der Waals surface area (Å²) >= 11 is 6.11. The van der Waals surface area contributed by atoms with Crippen LogP contribution in [0.5, 0.6) is 0 Å². The van der Waals surface area contributed by atoms with Crippen LogP contribution in [0, 0.1) is 0 Å². The highest BCUT2D eigenvalue weighted by molar-refractivity contribution is 6.30. The molecule has 6 heteroatoms. The van der Waals surface area contributed by atoms with Crippen LogP contribution < -0.4 is 10.6 Å². The molecule has 0 bridgehead atoms. The highest BCUT2D eigenvalue weighted by atomic mass is 35.5. The second kappa shape index (κ2) is 8.31. The fourth-order valence-electron chi connectivity index (χ4n) is 2.95. The molecule has 2 N–H and O–H groups in total. The van der Waals surface area contributed by atoms with Crippen LogP contribution >= 0.6 is 11.6 Å². The Labute approximate surface area is 142 Å². The van der Waals surface area contributed by atoms with Crippen molar-refractivity contribution in [2.45, 2.75) is 38.8 Å². The predicted molar refractivity (Wildman–Crippen MR) is 91.3 cm³/mol. The van der Waals surface area contributed by atoms with E-state index in [9.17, 15) is 9.59 Å². The van der Waals surface area contributed by atoms with Crippen molar-refractivity contribution < 1.29 is 9.59 Å². The number of benzene rings is 1. The van der Waals surface area contributed by atoms with E-state index in [1.54, 1.807) is 6.92 Å². The van der Waals surface area contributed by atoms with Crippen LogP contribution in [-0.2, 0) is 9.59 Å². The van der Waals surface area contributed by atoms with E-state index in [1.807, 2.05) is 24.3 Å². The molecule has 1 fully saturated rings. The highest BCUT2D eigenvalue weighted by Crippen LogP contribution is 2.26. The average molecular weight is 338 g/mol. The summed E-state index contributed by atoms with van der Waals surface area (Å²) in [4.78, 5) is 25.5. The molecule has 126 valence electrons. The molecule has 0 saturated carbocycles. The summed E-state index contributed by atoms with van der Waals surface area (Å²) < 4.78 is 0. The van der Waals surface area contributed by atoms with Gasteiger partial charge in [-0.3, -0.25) is 14.5 Å². The Morgan fingerprint density at radius 2 is 2.00 bits per heavy atom. The van der Waals surface area contributed by atoms with Crippen molar-refractivity contribution in [3.63, 3.8) is 0 Å². The SMILES string of the molecule is CC(=O)NC(C)C(=O)NCC(c1cccc(Cl)c1)N1CCCC1. The Kier molecular flexibility index (Phi) is 6.42. The summed E-state index contributed by atoms with van der Waals surface area (Å²) in [6, 6.07) is 7.34. The van der Waals surface area contributed by atoms with Gasteiger partial charge in [0.15, 0.2) is 0 Å². The maximum Gasteiger partial charge on any atom is 0.242 e. The van der Waals surface area contributed by atoms with Gasteiger partial charge in [-0.05, 0) is 50.6 Å². The maximum absolute atomic E-state index is 12.1. The molecule has 0 aliphatic carbocycles. The molecule has 0 radical (unpaired) electrons. The zero-order valence-electron chi connectivity index (χ0n) is 13.6. The number of likely N-dealkylation sites (tertiary alicyclic amines) is 1. The van der Waals surface area contributed by atoms with Gasteiger partial charge in [-0.15, -0.1) is 0 Å². The van der Waals surface area contributed by atoms with Crippen LogP contribution in [0.1, 0.15) is 38.3 Å². The van der Waals surface area contributed by atoms with Crippen molar-refractivity contribution in [1.29, 1.82) is 0 Å². The quantitative estimate of drug-likeness (QED) is 0.836. The van der Waals surface area contributed by atoms with E-state index in [1.165, 1.54) is 19.8 Å². The minimum atomic E-state index is -0.536. The number of rotatable bonds is 6. The van der Waals surface area contributed by atoms with Gasteiger partial charge < -0.3 is 10.6 Å². The first-order valence-corrected chi connectivity index (χ1v) is 8.39. The molecule has 1 aromatic carbocycles. The standard InChI is InChI=1S/C17H24ClN3O2/c1-12(20-13(2)22)17(23)19-11-16(21-8-3-4-9-21)14-6-5-7-15(18)10-14/h5-7,10,12,16H,3-4,8-9,11H2,1-2H3,(H,19,23)(H,20,22). The molecule has 2 amide bonds. The van der Waals surface area contributed by atoms with Crippen molar-refractivity contribution in [2.75, 3.05) is 19.6 Å². The number of halogens is 1. The summed E-state index contributed by atoms with van der Waals surface area (Å²) in [5.41, 5.74) is 1.10. The second-order valence-corrected chi connectivity index (χ2v) is 6.42. The van der Waals surface area contributed by atoms with Gasteiger partial charge in [0.25, 0.3) is 0 Å². The van der Waals surface area contributed by atoms with E-state index in [0.29, 0.717) is 11.6 Å². The number of carbonyl (C=O) groups is 2. The monoisotopic (exact) mass is 337 g/mol. The third-order valence-corrected chi connectivity index (χ3v) is 4.33. The van der Waals surface area contributed by atoms with Crippen molar-refractivity contribution in [2.24, 2.45) is 0 Å². The minimum absolute atomic E-state index is 0.102. The van der Waals surface area contributed by atoms with Gasteiger partial charge in [-0.2, -0.15) is 0 Å². The normalized spacial score (nSPS) is 17.5. The van der Waals surface area contributed by atoms with Gasteiger partial charge in [0.2, 0.25) is 11.8 Å². The number of nitrogens with one attached hydrogen (secondary N) is 2. The van der Waals surface area contributed by atoms with Gasteiger partial charge in [0.05, 0.1) is 6.04 Å². The Morgan fingerprint density at radius 3 is 2.61 bits per heavy atom. The molecule has 2 unspecified atom stereocenters. The lowest BCUT2D eigenvalue weighted by Gasteiger charge is -2.29. The van der Waals surface area contributed by atoms with Crippen LogP contribution in [0.2, 0.25) is 5.02 Å². The number of hydrogen-bond acceptors (Lipinski definition) is 3. The number of hydrogen-bond donors (Lipinski definition) is 2. The third kappa shape index (κ3) is 5.22. The predicted octanol–water partition coefficient (Wildman–Crippen LogP) is 2.12. The van der Waals surface area contributed by atoms with Gasteiger partial charge in [-0.25, -0.2) is 0 Å². The molecule has 2 atom stereocenters. The summed E-state index contributed by atoms with van der Waals surface area (Å²) in [5, 5.41) is 6.24. The summed E-state index contributed by atoms with van der Waals surface area (Å²) in [6.07, 6.45) is 2.35. The van der Waals surface area contributed by atoms with Gasteiger partial charge >= 0.3 is 0 Å². The first kappa shape index (κ1) is 17.8. The van der Waals surface area contributed by atoms with Crippen LogP contribution in [-0.4, -0.2) is 42.4 Å². The average Bonchev–Trinajstić information content (AvgIpc) is 3.00. The zero-order chi connectivity index (χ0) is 16.8. The van der Waals surface area contributed by atoms with Gasteiger partial charge in [-0.1, -0.05) is 23.7 Å². The molecule has 1 aromatic rings. The lowest BCUT2D eigenvalue weighted by molar-refractivity contribution is -0.127. The third-order valence-electron chi connectivity index (χ3n) is 4.10. The molecule has 1 aliphatic rings. The van der Waals surface area contributed by atoms with Gasteiger partial charge in [0, 0.05) is 18.5 Å².